The van der Waals surface area contributed by atoms with E-state index in [9.17, 15) is 9.59 Å². The van der Waals surface area contributed by atoms with Gasteiger partial charge >= 0.3 is 5.97 Å². The zero-order valence-electron chi connectivity index (χ0n) is 15.7. The summed E-state index contributed by atoms with van der Waals surface area (Å²) in [6.07, 6.45) is 4.45. The fourth-order valence-electron chi connectivity index (χ4n) is 3.39. The first-order chi connectivity index (χ1) is 13.6. The average Bonchev–Trinajstić information content (AvgIpc) is 3.22. The molecular formula is C23H21NO3S. The summed E-state index contributed by atoms with van der Waals surface area (Å²) in [4.78, 5) is 29.1. The van der Waals surface area contributed by atoms with Gasteiger partial charge in [0.1, 0.15) is 5.01 Å². The Morgan fingerprint density at radius 3 is 2.57 bits per heavy atom. The molecule has 0 aliphatic heterocycles. The lowest BCUT2D eigenvalue weighted by Crippen LogP contribution is -2.15. The van der Waals surface area contributed by atoms with E-state index in [4.69, 9.17) is 4.74 Å². The van der Waals surface area contributed by atoms with Crippen molar-refractivity contribution in [2.24, 2.45) is 0 Å². The number of benzene rings is 2. The molecule has 0 amide bonds. The van der Waals surface area contributed by atoms with Gasteiger partial charge in [0, 0.05) is 16.5 Å². The molecule has 0 unspecified atom stereocenters. The van der Waals surface area contributed by atoms with Gasteiger partial charge in [-0.3, -0.25) is 4.79 Å². The number of thiazole rings is 1. The Labute approximate surface area is 168 Å². The Morgan fingerprint density at radius 1 is 1.04 bits per heavy atom. The molecule has 0 radical (unpaired) electrons. The summed E-state index contributed by atoms with van der Waals surface area (Å²) in [7, 11) is 0. The first kappa shape index (κ1) is 18.6. The van der Waals surface area contributed by atoms with E-state index in [2.05, 4.69) is 4.98 Å². The van der Waals surface area contributed by atoms with Crippen LogP contribution in [0.4, 0.5) is 0 Å². The number of nitrogens with zero attached hydrogens (tertiary/aromatic N) is 1. The van der Waals surface area contributed by atoms with E-state index in [1.807, 2.05) is 49.4 Å². The third-order valence-electron chi connectivity index (χ3n) is 5.02. The van der Waals surface area contributed by atoms with Crippen molar-refractivity contribution in [2.75, 3.05) is 6.61 Å². The summed E-state index contributed by atoms with van der Waals surface area (Å²) in [5.41, 5.74) is 5.53. The Kier molecular flexibility index (Phi) is 5.35. The maximum absolute atomic E-state index is 12.4. The van der Waals surface area contributed by atoms with Crippen molar-refractivity contribution in [2.45, 2.75) is 32.6 Å². The van der Waals surface area contributed by atoms with E-state index in [-0.39, 0.29) is 18.1 Å². The van der Waals surface area contributed by atoms with Crippen LogP contribution in [0.25, 0.3) is 10.6 Å². The molecule has 28 heavy (non-hydrogen) atoms. The molecule has 0 atom stereocenters. The quantitative estimate of drug-likeness (QED) is 0.452. The molecule has 5 heteroatoms. The van der Waals surface area contributed by atoms with Crippen molar-refractivity contribution in [3.05, 3.63) is 75.8 Å². The van der Waals surface area contributed by atoms with Crippen molar-refractivity contribution in [1.82, 2.24) is 4.98 Å². The van der Waals surface area contributed by atoms with Gasteiger partial charge in [0.15, 0.2) is 18.1 Å². The topological polar surface area (TPSA) is 56.3 Å². The summed E-state index contributed by atoms with van der Waals surface area (Å²) in [6, 6.07) is 13.8. The van der Waals surface area contributed by atoms with E-state index < -0.39 is 5.97 Å². The summed E-state index contributed by atoms with van der Waals surface area (Å²) in [5, 5.41) is 2.42. The highest BCUT2D eigenvalue weighted by Crippen LogP contribution is 2.25. The molecule has 2 aromatic carbocycles. The minimum Gasteiger partial charge on any atom is -0.453 e. The molecule has 0 saturated carbocycles. The van der Waals surface area contributed by atoms with Crippen LogP contribution in [-0.2, 0) is 17.6 Å². The van der Waals surface area contributed by atoms with Gasteiger partial charge in [-0.05, 0) is 49.8 Å². The van der Waals surface area contributed by atoms with Gasteiger partial charge in [0.25, 0.3) is 0 Å². The van der Waals surface area contributed by atoms with Crippen LogP contribution in [0.1, 0.15) is 50.4 Å². The highest BCUT2D eigenvalue weighted by molar-refractivity contribution is 7.13. The van der Waals surface area contributed by atoms with Crippen LogP contribution in [0.15, 0.2) is 47.8 Å². The van der Waals surface area contributed by atoms with Crippen LogP contribution in [0.5, 0.6) is 0 Å². The zero-order chi connectivity index (χ0) is 19.5. The normalized spacial score (nSPS) is 13.0. The smallest absolute Gasteiger partial charge is 0.358 e. The first-order valence-corrected chi connectivity index (χ1v) is 10.3. The van der Waals surface area contributed by atoms with Gasteiger partial charge in [-0.25, -0.2) is 9.78 Å². The Bertz CT molecular complexity index is 1020. The monoisotopic (exact) mass is 391 g/mol. The van der Waals surface area contributed by atoms with E-state index in [1.165, 1.54) is 34.4 Å². The number of carbonyl (C=O) groups is 2. The molecule has 0 N–H and O–H groups in total. The second-order valence-corrected chi connectivity index (χ2v) is 7.95. The lowest BCUT2D eigenvalue weighted by Gasteiger charge is -2.16. The molecule has 3 aromatic rings. The van der Waals surface area contributed by atoms with Crippen molar-refractivity contribution in [3.63, 3.8) is 0 Å². The first-order valence-electron chi connectivity index (χ1n) is 9.45. The third kappa shape index (κ3) is 4.04. The summed E-state index contributed by atoms with van der Waals surface area (Å²) >= 11 is 1.39. The van der Waals surface area contributed by atoms with Crippen LogP contribution in [0.2, 0.25) is 0 Å². The second-order valence-electron chi connectivity index (χ2n) is 7.09. The number of hydrogen-bond donors (Lipinski definition) is 0. The summed E-state index contributed by atoms with van der Waals surface area (Å²) < 4.78 is 5.21. The van der Waals surface area contributed by atoms with Crippen LogP contribution < -0.4 is 0 Å². The molecule has 4 rings (SSSR count). The fourth-order valence-corrected chi connectivity index (χ4v) is 4.19. The van der Waals surface area contributed by atoms with E-state index in [1.54, 1.807) is 5.38 Å². The molecule has 142 valence electrons. The number of aryl methyl sites for hydroxylation is 3. The van der Waals surface area contributed by atoms with Gasteiger partial charge < -0.3 is 4.74 Å². The number of aromatic nitrogens is 1. The lowest BCUT2D eigenvalue weighted by atomic mass is 9.90. The van der Waals surface area contributed by atoms with Gasteiger partial charge in [0.2, 0.25) is 0 Å². The highest BCUT2D eigenvalue weighted by atomic mass is 32.1. The number of carbonyl (C=O) groups excluding carboxylic acids is 2. The maximum Gasteiger partial charge on any atom is 0.358 e. The summed E-state index contributed by atoms with van der Waals surface area (Å²) in [6.45, 7) is 1.75. The molecule has 1 heterocycles. The lowest BCUT2D eigenvalue weighted by molar-refractivity contribution is 0.0470. The minimum absolute atomic E-state index is 0.185. The molecule has 0 spiro atoms. The molecular weight excluding hydrogens is 370 g/mol. The van der Waals surface area contributed by atoms with Crippen LogP contribution in [-0.4, -0.2) is 23.3 Å². The number of ether oxygens (including phenoxy) is 1. The van der Waals surface area contributed by atoms with Crippen LogP contribution in [0.3, 0.4) is 0 Å². The number of ketones is 1. The minimum atomic E-state index is -0.569. The molecule has 1 aliphatic carbocycles. The van der Waals surface area contributed by atoms with Gasteiger partial charge in [-0.1, -0.05) is 42.0 Å². The van der Waals surface area contributed by atoms with Crippen LogP contribution >= 0.6 is 11.3 Å². The number of Topliss-reactive ketones (excluding diaryl/α,β-unsaturated/α-hetero) is 1. The Hall–Kier alpha value is -2.79. The van der Waals surface area contributed by atoms with E-state index in [0.717, 1.165) is 29.8 Å². The molecule has 0 fully saturated rings. The van der Waals surface area contributed by atoms with Crippen molar-refractivity contribution in [1.29, 1.82) is 0 Å². The Morgan fingerprint density at radius 2 is 1.79 bits per heavy atom. The van der Waals surface area contributed by atoms with E-state index in [0.29, 0.717) is 5.56 Å². The highest BCUT2D eigenvalue weighted by Gasteiger charge is 2.17. The van der Waals surface area contributed by atoms with Crippen molar-refractivity contribution >= 4 is 23.1 Å². The van der Waals surface area contributed by atoms with Crippen molar-refractivity contribution in [3.8, 4) is 10.6 Å². The predicted molar refractivity (Wildman–Crippen MR) is 110 cm³/mol. The largest absolute Gasteiger partial charge is 0.453 e. The zero-order valence-corrected chi connectivity index (χ0v) is 16.6. The van der Waals surface area contributed by atoms with Crippen LogP contribution in [0, 0.1) is 6.92 Å². The number of hydrogen-bond acceptors (Lipinski definition) is 5. The molecule has 0 bridgehead atoms. The predicted octanol–water partition coefficient (Wildman–Crippen LogP) is 5.04. The summed E-state index contributed by atoms with van der Waals surface area (Å²) in [5.74, 6) is -0.753. The Balaban J connectivity index is 1.39. The number of fused-ring (bicyclic) bond motifs is 1. The maximum atomic E-state index is 12.4. The van der Waals surface area contributed by atoms with E-state index >= 15 is 0 Å². The average molecular weight is 391 g/mol. The van der Waals surface area contributed by atoms with Gasteiger partial charge in [-0.15, -0.1) is 11.3 Å². The molecule has 0 saturated heterocycles. The SMILES string of the molecule is Cc1ccc(-c2nc(C(=O)OCC(=O)c3ccc4c(c3)CCCC4)cs2)cc1. The number of esters is 1. The molecule has 1 aliphatic rings. The van der Waals surface area contributed by atoms with Gasteiger partial charge in [-0.2, -0.15) is 0 Å². The van der Waals surface area contributed by atoms with Crippen molar-refractivity contribution < 1.29 is 14.3 Å². The van der Waals surface area contributed by atoms with Gasteiger partial charge in [0.05, 0.1) is 0 Å². The fraction of sp³-hybridized carbons (Fsp3) is 0.261. The standard InChI is InChI=1S/C23H21NO3S/c1-15-6-8-17(9-7-15)22-24-20(14-28-22)23(26)27-13-21(25)19-11-10-16-4-2-3-5-18(16)12-19/h6-12,14H,2-5,13H2,1H3. The molecule has 1 aromatic heterocycles. The second kappa shape index (κ2) is 8.07. The molecule has 4 nitrogen and oxygen atoms in total. The third-order valence-corrected chi connectivity index (χ3v) is 5.91. The number of rotatable bonds is 5.